The third kappa shape index (κ3) is 2.18. The van der Waals surface area contributed by atoms with Crippen molar-refractivity contribution >= 4 is 17.3 Å². The Hall–Kier alpha value is -1.04. The highest BCUT2D eigenvalue weighted by molar-refractivity contribution is 7.10. The molecule has 0 saturated heterocycles. The van der Waals surface area contributed by atoms with E-state index in [1.165, 1.54) is 11.3 Å². The highest BCUT2D eigenvalue weighted by atomic mass is 32.1. The molecule has 2 rings (SSSR count). The third-order valence-electron chi connectivity index (χ3n) is 3.29. The third-order valence-corrected chi connectivity index (χ3v) is 4.27. The summed E-state index contributed by atoms with van der Waals surface area (Å²) in [6.07, 6.45) is -4.71. The molecule has 1 aromatic heterocycles. The first-order valence-electron chi connectivity index (χ1n) is 5.19. The molecule has 0 unspecified atom stereocenters. The monoisotopic (exact) mass is 264 g/mol. The smallest absolute Gasteiger partial charge is 0.395 e. The molecule has 1 N–H and O–H groups in total. The highest BCUT2D eigenvalue weighted by Crippen LogP contribution is 2.66. The van der Waals surface area contributed by atoms with Gasteiger partial charge in [-0.2, -0.15) is 13.2 Å². The van der Waals surface area contributed by atoms with Gasteiger partial charge in [0, 0.05) is 10.8 Å². The number of thiophene rings is 1. The number of aliphatic carboxylic acids is 1. The average Bonchev–Trinajstić information content (AvgIpc) is 2.83. The zero-order valence-corrected chi connectivity index (χ0v) is 9.64. The number of alkyl halides is 3. The van der Waals surface area contributed by atoms with E-state index in [9.17, 15) is 18.0 Å². The standard InChI is InChI=1S/C11H11F3O2S/c12-11(13,14)10(3-4-10)7(6-9(15)16)8-2-1-5-17-8/h1-2,5,7H,3-4,6H2,(H,15,16)/t7-/m1/s1. The predicted octanol–water partition coefficient (Wildman–Crippen LogP) is 3.65. The van der Waals surface area contributed by atoms with E-state index < -0.39 is 29.9 Å². The SMILES string of the molecule is O=C(O)C[C@H](c1cccs1)C1(C(F)(F)F)CC1. The number of hydrogen-bond acceptors (Lipinski definition) is 2. The van der Waals surface area contributed by atoms with Crippen LogP contribution >= 0.6 is 11.3 Å². The van der Waals surface area contributed by atoms with Gasteiger partial charge in [0.05, 0.1) is 11.8 Å². The number of halogens is 3. The van der Waals surface area contributed by atoms with Crippen LogP contribution in [0.4, 0.5) is 13.2 Å². The van der Waals surface area contributed by atoms with Gasteiger partial charge in [-0.05, 0) is 24.3 Å². The zero-order chi connectivity index (χ0) is 12.7. The lowest BCUT2D eigenvalue weighted by atomic mass is 9.84. The van der Waals surface area contributed by atoms with Crippen LogP contribution in [0, 0.1) is 5.41 Å². The van der Waals surface area contributed by atoms with Gasteiger partial charge < -0.3 is 5.11 Å². The maximum atomic E-state index is 13.0. The summed E-state index contributed by atoms with van der Waals surface area (Å²) in [6.45, 7) is 0. The number of carbonyl (C=O) groups is 1. The van der Waals surface area contributed by atoms with Crippen molar-refractivity contribution in [2.24, 2.45) is 5.41 Å². The molecular weight excluding hydrogens is 253 g/mol. The van der Waals surface area contributed by atoms with Gasteiger partial charge in [-0.25, -0.2) is 0 Å². The van der Waals surface area contributed by atoms with E-state index in [1.54, 1.807) is 17.5 Å². The molecule has 1 saturated carbocycles. The van der Waals surface area contributed by atoms with E-state index in [2.05, 4.69) is 0 Å². The lowest BCUT2D eigenvalue weighted by Gasteiger charge is -2.27. The van der Waals surface area contributed by atoms with Crippen molar-refractivity contribution in [2.45, 2.75) is 31.4 Å². The Bertz CT molecular complexity index is 407. The molecule has 6 heteroatoms. The molecule has 1 aliphatic rings. The molecule has 94 valence electrons. The number of rotatable bonds is 4. The van der Waals surface area contributed by atoms with Gasteiger partial charge in [0.1, 0.15) is 0 Å². The Kier molecular flexibility index (Phi) is 2.93. The van der Waals surface area contributed by atoms with Crippen LogP contribution < -0.4 is 0 Å². The fourth-order valence-corrected chi connectivity index (χ4v) is 3.14. The van der Waals surface area contributed by atoms with Gasteiger partial charge >= 0.3 is 12.1 Å². The number of hydrogen-bond donors (Lipinski definition) is 1. The second kappa shape index (κ2) is 4.01. The maximum absolute atomic E-state index is 13.0. The Balaban J connectivity index is 2.32. The molecule has 0 bridgehead atoms. The van der Waals surface area contributed by atoms with Crippen molar-refractivity contribution in [3.8, 4) is 0 Å². The van der Waals surface area contributed by atoms with Crippen LogP contribution in [0.2, 0.25) is 0 Å². The minimum atomic E-state index is -4.32. The number of carboxylic acid groups (broad SMARTS) is 1. The normalized spacial score (nSPS) is 19.9. The van der Waals surface area contributed by atoms with Gasteiger partial charge in [-0.1, -0.05) is 6.07 Å². The summed E-state index contributed by atoms with van der Waals surface area (Å²) in [4.78, 5) is 11.3. The molecule has 0 aliphatic heterocycles. The molecule has 2 nitrogen and oxygen atoms in total. The van der Waals surface area contributed by atoms with Gasteiger partial charge in [-0.15, -0.1) is 11.3 Å². The summed E-state index contributed by atoms with van der Waals surface area (Å²) in [6, 6.07) is 3.24. The first kappa shape index (κ1) is 12.4. The van der Waals surface area contributed by atoms with Crippen molar-refractivity contribution in [3.05, 3.63) is 22.4 Å². The van der Waals surface area contributed by atoms with Crippen molar-refractivity contribution < 1.29 is 23.1 Å². The summed E-state index contributed by atoms with van der Waals surface area (Å²) < 4.78 is 39.0. The molecule has 1 atom stereocenters. The van der Waals surface area contributed by atoms with E-state index in [1.807, 2.05) is 0 Å². The molecule has 0 radical (unpaired) electrons. The van der Waals surface area contributed by atoms with Crippen LogP contribution in [0.5, 0.6) is 0 Å². The highest BCUT2D eigenvalue weighted by Gasteiger charge is 2.67. The maximum Gasteiger partial charge on any atom is 0.395 e. The lowest BCUT2D eigenvalue weighted by molar-refractivity contribution is -0.195. The number of carboxylic acids is 1. The van der Waals surface area contributed by atoms with Crippen molar-refractivity contribution in [3.63, 3.8) is 0 Å². The van der Waals surface area contributed by atoms with Crippen molar-refractivity contribution in [1.82, 2.24) is 0 Å². The summed E-state index contributed by atoms with van der Waals surface area (Å²) in [5.41, 5.74) is -1.81. The topological polar surface area (TPSA) is 37.3 Å². The summed E-state index contributed by atoms with van der Waals surface area (Å²) >= 11 is 1.19. The van der Waals surface area contributed by atoms with Crippen LogP contribution in [-0.2, 0) is 4.79 Å². The van der Waals surface area contributed by atoms with Crippen molar-refractivity contribution in [2.75, 3.05) is 0 Å². The average molecular weight is 264 g/mol. The second-order valence-electron chi connectivity index (χ2n) is 4.32. The minimum absolute atomic E-state index is 0.0341. The molecule has 0 amide bonds. The Morgan fingerprint density at radius 2 is 2.18 bits per heavy atom. The fraction of sp³-hybridized carbons (Fsp3) is 0.545. The van der Waals surface area contributed by atoms with Gasteiger partial charge in [0.15, 0.2) is 0 Å². The largest absolute Gasteiger partial charge is 0.481 e. The van der Waals surface area contributed by atoms with E-state index in [0.29, 0.717) is 4.88 Å². The van der Waals surface area contributed by atoms with E-state index in [-0.39, 0.29) is 12.8 Å². The van der Waals surface area contributed by atoms with Crippen molar-refractivity contribution in [1.29, 1.82) is 0 Å². The van der Waals surface area contributed by atoms with E-state index in [4.69, 9.17) is 5.11 Å². The predicted molar refractivity (Wildman–Crippen MR) is 57.0 cm³/mol. The minimum Gasteiger partial charge on any atom is -0.481 e. The van der Waals surface area contributed by atoms with Gasteiger partial charge in [0.2, 0.25) is 0 Å². The van der Waals surface area contributed by atoms with Crippen LogP contribution in [-0.4, -0.2) is 17.3 Å². The molecule has 0 spiro atoms. The van der Waals surface area contributed by atoms with Gasteiger partial charge in [-0.3, -0.25) is 4.79 Å². The van der Waals surface area contributed by atoms with Crippen LogP contribution in [0.1, 0.15) is 30.1 Å². The molecule has 17 heavy (non-hydrogen) atoms. The first-order valence-corrected chi connectivity index (χ1v) is 6.07. The van der Waals surface area contributed by atoms with Gasteiger partial charge in [0.25, 0.3) is 0 Å². The van der Waals surface area contributed by atoms with E-state index in [0.717, 1.165) is 0 Å². The summed E-state index contributed by atoms with van der Waals surface area (Å²) in [7, 11) is 0. The second-order valence-corrected chi connectivity index (χ2v) is 5.30. The van der Waals surface area contributed by atoms with Crippen LogP contribution in [0.25, 0.3) is 0 Å². The lowest BCUT2D eigenvalue weighted by Crippen LogP contribution is -2.32. The Morgan fingerprint density at radius 1 is 1.53 bits per heavy atom. The molecule has 1 aromatic rings. The molecular formula is C11H11F3O2S. The Labute approximate surface area is 100 Å². The molecule has 0 aromatic carbocycles. The quantitative estimate of drug-likeness (QED) is 0.901. The molecule has 1 heterocycles. The summed E-state index contributed by atoms with van der Waals surface area (Å²) in [5.74, 6) is -2.13. The van der Waals surface area contributed by atoms with E-state index >= 15 is 0 Å². The van der Waals surface area contributed by atoms with Crippen LogP contribution in [0.3, 0.4) is 0 Å². The molecule has 1 aliphatic carbocycles. The van der Waals surface area contributed by atoms with Crippen LogP contribution in [0.15, 0.2) is 17.5 Å². The Morgan fingerprint density at radius 3 is 2.53 bits per heavy atom. The summed E-state index contributed by atoms with van der Waals surface area (Å²) in [5, 5.41) is 10.5. The fourth-order valence-electron chi connectivity index (χ4n) is 2.20. The zero-order valence-electron chi connectivity index (χ0n) is 8.83. The molecule has 1 fully saturated rings. The first-order chi connectivity index (χ1) is 7.87.